The summed E-state index contributed by atoms with van der Waals surface area (Å²) in [4.78, 5) is 62.0. The molecule has 1 fully saturated rings. The standard InChI is InChI=1S/C19H36N4O8/c1-17(25)12-18(14-24)23-10-8-20(13-19(26)27)4-5-21(15-30-28-2)6-7-22(9-11-23)16-31-29-3/h14,18H,4-13,15-16H2,1-3H3,(H,26,27). The van der Waals surface area contributed by atoms with Crippen LogP contribution in [0.5, 0.6) is 0 Å². The van der Waals surface area contributed by atoms with E-state index in [1.807, 2.05) is 19.6 Å². The topological polar surface area (TPSA) is 121 Å². The Morgan fingerprint density at radius 2 is 1.32 bits per heavy atom. The zero-order valence-electron chi connectivity index (χ0n) is 18.7. The van der Waals surface area contributed by atoms with Crippen LogP contribution in [0.25, 0.3) is 0 Å². The fourth-order valence-electron chi connectivity index (χ4n) is 3.30. The van der Waals surface area contributed by atoms with Crippen LogP contribution in [0.3, 0.4) is 0 Å². The number of rotatable bonds is 12. The molecule has 0 radical (unpaired) electrons. The first kappa shape index (κ1) is 27.5. The van der Waals surface area contributed by atoms with Crippen LogP contribution in [0.15, 0.2) is 0 Å². The first-order chi connectivity index (χ1) is 14.9. The molecule has 0 bridgehead atoms. The number of carbonyl (C=O) groups excluding carboxylic acids is 2. The number of carbonyl (C=O) groups is 3. The Kier molecular flexibility index (Phi) is 14.4. The molecule has 0 amide bonds. The Morgan fingerprint density at radius 1 is 0.871 bits per heavy atom. The third kappa shape index (κ3) is 12.2. The Hall–Kier alpha value is -1.51. The molecule has 0 saturated carbocycles. The number of ketones is 1. The van der Waals surface area contributed by atoms with Gasteiger partial charge in [0.05, 0.1) is 26.8 Å². The van der Waals surface area contributed by atoms with E-state index in [-0.39, 0.29) is 32.2 Å². The lowest BCUT2D eigenvalue weighted by molar-refractivity contribution is -0.300. The molecule has 180 valence electrons. The molecule has 1 rings (SSSR count). The molecule has 1 atom stereocenters. The minimum absolute atomic E-state index is 0.0704. The number of carboxylic acids is 1. The van der Waals surface area contributed by atoms with Gasteiger partial charge in [-0.3, -0.25) is 29.2 Å². The van der Waals surface area contributed by atoms with Gasteiger partial charge in [0.25, 0.3) is 0 Å². The number of nitrogens with zero attached hydrogens (tertiary/aromatic N) is 4. The summed E-state index contributed by atoms with van der Waals surface area (Å²) < 4.78 is 0. The van der Waals surface area contributed by atoms with Gasteiger partial charge in [-0.2, -0.15) is 0 Å². The summed E-state index contributed by atoms with van der Waals surface area (Å²) in [6.07, 6.45) is 0.910. The predicted molar refractivity (Wildman–Crippen MR) is 110 cm³/mol. The molecule has 1 saturated heterocycles. The Balaban J connectivity index is 2.97. The van der Waals surface area contributed by atoms with Crippen LogP contribution in [0.2, 0.25) is 0 Å². The van der Waals surface area contributed by atoms with Crippen LogP contribution < -0.4 is 0 Å². The van der Waals surface area contributed by atoms with Crippen LogP contribution in [-0.2, 0) is 33.9 Å². The van der Waals surface area contributed by atoms with Gasteiger partial charge in [-0.05, 0) is 6.92 Å². The van der Waals surface area contributed by atoms with Crippen LogP contribution >= 0.6 is 0 Å². The zero-order chi connectivity index (χ0) is 23.1. The maximum atomic E-state index is 11.7. The molecule has 31 heavy (non-hydrogen) atoms. The van der Waals surface area contributed by atoms with Crippen LogP contribution in [0.1, 0.15) is 13.3 Å². The number of Topliss-reactive ketones (excluding diaryl/α,β-unsaturated/α-hetero) is 1. The van der Waals surface area contributed by atoms with Crippen LogP contribution in [0, 0.1) is 0 Å². The van der Waals surface area contributed by atoms with E-state index >= 15 is 0 Å². The van der Waals surface area contributed by atoms with E-state index in [1.54, 1.807) is 0 Å². The second-order valence-corrected chi connectivity index (χ2v) is 7.38. The van der Waals surface area contributed by atoms with Crippen molar-refractivity contribution < 1.29 is 39.0 Å². The Morgan fingerprint density at radius 3 is 1.74 bits per heavy atom. The molecule has 1 aliphatic rings. The van der Waals surface area contributed by atoms with E-state index in [4.69, 9.17) is 19.6 Å². The molecule has 12 nitrogen and oxygen atoms in total. The second kappa shape index (κ2) is 16.2. The summed E-state index contributed by atoms with van der Waals surface area (Å²) in [5, 5.41) is 9.27. The minimum Gasteiger partial charge on any atom is -0.480 e. The Bertz CT molecular complexity index is 539. The minimum atomic E-state index is -0.920. The Labute approximate surface area is 183 Å². The maximum absolute atomic E-state index is 11.7. The van der Waals surface area contributed by atoms with E-state index in [2.05, 4.69) is 0 Å². The van der Waals surface area contributed by atoms with Gasteiger partial charge in [0.15, 0.2) is 0 Å². The van der Waals surface area contributed by atoms with Crippen molar-refractivity contribution in [3.63, 3.8) is 0 Å². The molecule has 0 aromatic rings. The fourth-order valence-corrected chi connectivity index (χ4v) is 3.30. The number of aliphatic carboxylic acids is 1. The maximum Gasteiger partial charge on any atom is 0.317 e. The average molecular weight is 449 g/mol. The number of hydrogen-bond donors (Lipinski definition) is 1. The average Bonchev–Trinajstić information content (AvgIpc) is 2.72. The molecule has 1 N–H and O–H groups in total. The molecule has 1 unspecified atom stereocenters. The molecular weight excluding hydrogens is 412 g/mol. The first-order valence-electron chi connectivity index (χ1n) is 10.3. The molecular formula is C19H36N4O8. The van der Waals surface area contributed by atoms with E-state index in [1.165, 1.54) is 21.1 Å². The number of hydrogen-bond acceptors (Lipinski definition) is 11. The predicted octanol–water partition coefficient (Wildman–Crippen LogP) is -1.09. The van der Waals surface area contributed by atoms with Crippen molar-refractivity contribution in [3.8, 4) is 0 Å². The van der Waals surface area contributed by atoms with Crippen molar-refractivity contribution in [2.75, 3.05) is 86.6 Å². The zero-order valence-corrected chi connectivity index (χ0v) is 18.7. The number of aldehydes is 1. The molecule has 0 aromatic heterocycles. The first-order valence-corrected chi connectivity index (χ1v) is 10.3. The van der Waals surface area contributed by atoms with E-state index in [0.29, 0.717) is 52.4 Å². The highest BCUT2D eigenvalue weighted by atomic mass is 17.2. The van der Waals surface area contributed by atoms with E-state index < -0.39 is 12.0 Å². The third-order valence-corrected chi connectivity index (χ3v) is 5.06. The summed E-state index contributed by atoms with van der Waals surface area (Å²) >= 11 is 0. The highest BCUT2D eigenvalue weighted by molar-refractivity contribution is 5.80. The van der Waals surface area contributed by atoms with Crippen molar-refractivity contribution in [1.82, 2.24) is 19.6 Å². The van der Waals surface area contributed by atoms with Crippen LogP contribution in [-0.4, -0.2) is 135 Å². The highest BCUT2D eigenvalue weighted by Gasteiger charge is 2.23. The summed E-state index contributed by atoms with van der Waals surface area (Å²) in [6.45, 7) is 6.14. The fraction of sp³-hybridized carbons (Fsp3) is 0.842. The highest BCUT2D eigenvalue weighted by Crippen LogP contribution is 2.07. The lowest BCUT2D eigenvalue weighted by atomic mass is 10.1. The van der Waals surface area contributed by atoms with Crippen molar-refractivity contribution in [2.24, 2.45) is 0 Å². The van der Waals surface area contributed by atoms with Crippen molar-refractivity contribution in [3.05, 3.63) is 0 Å². The van der Waals surface area contributed by atoms with Gasteiger partial charge in [0.1, 0.15) is 25.5 Å². The quantitative estimate of drug-likeness (QED) is 0.222. The summed E-state index contributed by atoms with van der Waals surface area (Å²) in [5.74, 6) is -0.990. The molecule has 0 aromatic carbocycles. The van der Waals surface area contributed by atoms with Crippen molar-refractivity contribution >= 4 is 18.0 Å². The summed E-state index contributed by atoms with van der Waals surface area (Å²) in [7, 11) is 2.87. The summed E-state index contributed by atoms with van der Waals surface area (Å²) in [6, 6.07) is -0.552. The summed E-state index contributed by atoms with van der Waals surface area (Å²) in [5.41, 5.74) is 0. The third-order valence-electron chi connectivity index (χ3n) is 5.06. The molecule has 12 heteroatoms. The van der Waals surface area contributed by atoms with E-state index in [0.717, 1.165) is 6.29 Å². The van der Waals surface area contributed by atoms with Gasteiger partial charge in [-0.1, -0.05) is 0 Å². The van der Waals surface area contributed by atoms with E-state index in [9.17, 15) is 19.5 Å². The lowest BCUT2D eigenvalue weighted by Crippen LogP contribution is -2.50. The normalized spacial score (nSPS) is 20.0. The van der Waals surface area contributed by atoms with Gasteiger partial charge in [-0.15, -0.1) is 0 Å². The lowest BCUT2D eigenvalue weighted by Gasteiger charge is -2.35. The van der Waals surface area contributed by atoms with Gasteiger partial charge < -0.3 is 9.90 Å². The van der Waals surface area contributed by atoms with Gasteiger partial charge in [0.2, 0.25) is 0 Å². The van der Waals surface area contributed by atoms with Crippen molar-refractivity contribution in [1.29, 1.82) is 0 Å². The molecule has 1 aliphatic heterocycles. The smallest absolute Gasteiger partial charge is 0.317 e. The van der Waals surface area contributed by atoms with Crippen molar-refractivity contribution in [2.45, 2.75) is 19.4 Å². The van der Waals surface area contributed by atoms with Gasteiger partial charge in [-0.25, -0.2) is 19.6 Å². The largest absolute Gasteiger partial charge is 0.480 e. The second-order valence-electron chi connectivity index (χ2n) is 7.38. The van der Waals surface area contributed by atoms with Crippen LogP contribution in [0.4, 0.5) is 0 Å². The van der Waals surface area contributed by atoms with Gasteiger partial charge >= 0.3 is 5.97 Å². The molecule has 0 spiro atoms. The monoisotopic (exact) mass is 448 g/mol. The molecule has 0 aliphatic carbocycles. The van der Waals surface area contributed by atoms with Gasteiger partial charge in [0, 0.05) is 58.8 Å². The number of carboxylic acid groups (broad SMARTS) is 1. The molecule has 1 heterocycles. The SMILES string of the molecule is COOCN1CCN(COOC)CCN(C(C=O)CC(C)=O)CCN(CC(=O)O)CC1.